The predicted molar refractivity (Wildman–Crippen MR) is 354 cm³/mol. The van der Waals surface area contributed by atoms with Gasteiger partial charge in [0.1, 0.15) is 19.3 Å². The molecular formula is C69H134O17P2. The minimum absolute atomic E-state index is 0.102. The van der Waals surface area contributed by atoms with Gasteiger partial charge in [-0.2, -0.15) is 0 Å². The summed E-state index contributed by atoms with van der Waals surface area (Å²) in [5, 5.41) is 10.6. The summed E-state index contributed by atoms with van der Waals surface area (Å²) in [6.07, 6.45) is 40.5. The molecule has 3 N–H and O–H groups in total. The van der Waals surface area contributed by atoms with E-state index in [1.54, 1.807) is 0 Å². The highest BCUT2D eigenvalue weighted by atomic mass is 31.2. The molecule has 17 nitrogen and oxygen atoms in total. The molecule has 5 atom stereocenters. The number of rotatable bonds is 66. The van der Waals surface area contributed by atoms with Crippen molar-refractivity contribution >= 4 is 39.5 Å². The molecule has 0 amide bonds. The lowest BCUT2D eigenvalue weighted by molar-refractivity contribution is -0.161. The zero-order valence-corrected chi connectivity index (χ0v) is 59.1. The van der Waals surface area contributed by atoms with Crippen molar-refractivity contribution in [3.63, 3.8) is 0 Å². The third-order valence-corrected chi connectivity index (χ3v) is 17.7. The molecule has 0 aliphatic heterocycles. The molecule has 0 aliphatic rings. The van der Waals surface area contributed by atoms with Gasteiger partial charge >= 0.3 is 39.5 Å². The number of esters is 4. The van der Waals surface area contributed by atoms with Gasteiger partial charge in [-0.05, 0) is 49.4 Å². The molecule has 0 aliphatic carbocycles. The predicted octanol–water partition coefficient (Wildman–Crippen LogP) is 19.3. The van der Waals surface area contributed by atoms with E-state index in [2.05, 4.69) is 55.4 Å². The molecule has 88 heavy (non-hydrogen) atoms. The Balaban J connectivity index is 5.22. The van der Waals surface area contributed by atoms with E-state index in [4.69, 9.17) is 37.0 Å². The Labute approximate surface area is 537 Å². The van der Waals surface area contributed by atoms with E-state index < -0.39 is 97.5 Å². The van der Waals surface area contributed by atoms with Crippen LogP contribution in [0.5, 0.6) is 0 Å². The lowest BCUT2D eigenvalue weighted by Gasteiger charge is -2.21. The molecule has 0 saturated carbocycles. The Morgan fingerprint density at radius 1 is 0.284 bits per heavy atom. The van der Waals surface area contributed by atoms with Gasteiger partial charge in [0, 0.05) is 25.7 Å². The fraction of sp³-hybridized carbons (Fsp3) is 0.942. The maximum absolute atomic E-state index is 13.0. The molecule has 0 spiro atoms. The quantitative estimate of drug-likeness (QED) is 0.0222. The first kappa shape index (κ1) is 86.1. The smallest absolute Gasteiger partial charge is 0.462 e. The van der Waals surface area contributed by atoms with Gasteiger partial charge in [0.25, 0.3) is 0 Å². The zero-order valence-electron chi connectivity index (χ0n) is 57.3. The number of hydrogen-bond acceptors (Lipinski definition) is 15. The van der Waals surface area contributed by atoms with Crippen LogP contribution in [0.15, 0.2) is 0 Å². The van der Waals surface area contributed by atoms with Crippen LogP contribution < -0.4 is 0 Å². The van der Waals surface area contributed by atoms with Crippen molar-refractivity contribution in [1.29, 1.82) is 0 Å². The Morgan fingerprint density at radius 2 is 0.477 bits per heavy atom. The number of aliphatic hydroxyl groups excluding tert-OH is 1. The second kappa shape index (κ2) is 58.8. The van der Waals surface area contributed by atoms with Crippen molar-refractivity contribution in [2.24, 2.45) is 23.7 Å². The van der Waals surface area contributed by atoms with Crippen molar-refractivity contribution in [1.82, 2.24) is 0 Å². The average Bonchev–Trinajstić information content (AvgIpc) is 3.61. The normalized spacial score (nSPS) is 14.3. The molecule has 522 valence electrons. The van der Waals surface area contributed by atoms with Gasteiger partial charge in [-0.15, -0.1) is 0 Å². The number of phosphoric acid groups is 2. The molecule has 0 heterocycles. The van der Waals surface area contributed by atoms with Gasteiger partial charge in [-0.1, -0.05) is 287 Å². The Morgan fingerprint density at radius 3 is 0.705 bits per heavy atom. The van der Waals surface area contributed by atoms with E-state index in [0.717, 1.165) is 108 Å². The lowest BCUT2D eigenvalue weighted by Crippen LogP contribution is -2.30. The molecule has 0 fully saturated rings. The Hall–Kier alpha value is -1.94. The summed E-state index contributed by atoms with van der Waals surface area (Å²) in [5.41, 5.74) is 0. The van der Waals surface area contributed by atoms with Crippen LogP contribution in [0.3, 0.4) is 0 Å². The number of hydrogen-bond donors (Lipinski definition) is 3. The van der Waals surface area contributed by atoms with E-state index in [-0.39, 0.29) is 25.7 Å². The number of unbranched alkanes of at least 4 members (excludes halogenated alkanes) is 32. The van der Waals surface area contributed by atoms with Crippen LogP contribution in [0, 0.1) is 23.7 Å². The fourth-order valence-electron chi connectivity index (χ4n) is 10.3. The molecule has 0 radical (unpaired) electrons. The molecule has 0 aromatic heterocycles. The summed E-state index contributed by atoms with van der Waals surface area (Å²) >= 11 is 0. The topological polar surface area (TPSA) is 237 Å². The van der Waals surface area contributed by atoms with Crippen molar-refractivity contribution < 1.29 is 80.2 Å². The minimum atomic E-state index is -4.95. The maximum atomic E-state index is 13.0. The standard InChI is InChI=1S/C69H134O17P2/c1-59(2)45-37-29-21-14-12-10-9-11-13-15-25-33-41-49-66(71)79-55-64(85-68(73)51-43-35-27-19-17-23-31-39-47-61(5)6)57-83-87(75,76)81-53-63(70)54-82-88(77,78)84-58-65(86-69(74)52-44-36-28-20-24-32-40-48-62(7)8)56-80-67(72)50-42-34-26-18-16-22-30-38-46-60(3)4/h59-65,70H,9-58H2,1-8H3,(H,75,76)(H,77,78)/t63?,64-,65-/m1/s1. The summed E-state index contributed by atoms with van der Waals surface area (Å²) in [6, 6.07) is 0. The molecule has 0 aromatic rings. The Bertz CT molecular complexity index is 1750. The van der Waals surface area contributed by atoms with E-state index in [1.807, 2.05) is 0 Å². The van der Waals surface area contributed by atoms with Crippen LogP contribution in [-0.4, -0.2) is 96.7 Å². The van der Waals surface area contributed by atoms with Crippen LogP contribution in [0.25, 0.3) is 0 Å². The van der Waals surface area contributed by atoms with Crippen LogP contribution >= 0.6 is 15.6 Å². The molecular weight excluding hydrogens is 1160 g/mol. The highest BCUT2D eigenvalue weighted by Gasteiger charge is 2.30. The van der Waals surface area contributed by atoms with Gasteiger partial charge in [0.15, 0.2) is 12.2 Å². The van der Waals surface area contributed by atoms with Gasteiger partial charge in [0.05, 0.1) is 26.4 Å². The van der Waals surface area contributed by atoms with Gasteiger partial charge in [-0.25, -0.2) is 9.13 Å². The monoisotopic (exact) mass is 1300 g/mol. The van der Waals surface area contributed by atoms with Crippen molar-refractivity contribution in [3.05, 3.63) is 0 Å². The molecule has 3 unspecified atom stereocenters. The first-order chi connectivity index (χ1) is 42.1. The van der Waals surface area contributed by atoms with Gasteiger partial charge in [-0.3, -0.25) is 37.3 Å². The minimum Gasteiger partial charge on any atom is -0.462 e. The van der Waals surface area contributed by atoms with E-state index in [0.29, 0.717) is 31.6 Å². The lowest BCUT2D eigenvalue weighted by atomic mass is 10.0. The third kappa shape index (κ3) is 62.8. The van der Waals surface area contributed by atoms with Gasteiger partial charge < -0.3 is 33.8 Å². The van der Waals surface area contributed by atoms with Crippen LogP contribution in [0.4, 0.5) is 0 Å². The third-order valence-electron chi connectivity index (χ3n) is 15.8. The second-order valence-electron chi connectivity index (χ2n) is 26.8. The summed E-state index contributed by atoms with van der Waals surface area (Å²) in [7, 11) is -9.90. The van der Waals surface area contributed by atoms with E-state index in [9.17, 15) is 43.2 Å². The SMILES string of the molecule is CC(C)CCCCCCCCCCCCCCCC(=O)OC[C@H](COP(=O)(O)OCC(O)COP(=O)(O)OC[C@@H](COC(=O)CCCCCCCCCCC(C)C)OC(=O)CCCCCCCCCC(C)C)OC(=O)CCCCCCCCCCC(C)C. The number of aliphatic hydroxyl groups is 1. The first-order valence-electron chi connectivity index (χ1n) is 35.7. The summed E-state index contributed by atoms with van der Waals surface area (Å²) in [6.45, 7) is 14.0. The van der Waals surface area contributed by atoms with Crippen molar-refractivity contribution in [3.8, 4) is 0 Å². The van der Waals surface area contributed by atoms with Crippen LogP contribution in [-0.2, 0) is 65.4 Å². The van der Waals surface area contributed by atoms with Gasteiger partial charge in [0.2, 0.25) is 0 Å². The fourth-order valence-corrected chi connectivity index (χ4v) is 11.9. The van der Waals surface area contributed by atoms with Crippen molar-refractivity contribution in [2.45, 2.75) is 356 Å². The zero-order chi connectivity index (χ0) is 65.4. The number of carbonyl (C=O) groups excluding carboxylic acids is 4. The Kier molecular flexibility index (Phi) is 57.6. The average molecular weight is 1300 g/mol. The maximum Gasteiger partial charge on any atom is 0.472 e. The summed E-state index contributed by atoms with van der Waals surface area (Å²) in [5.74, 6) is 0.797. The van der Waals surface area contributed by atoms with E-state index in [1.165, 1.54) is 141 Å². The molecule has 0 saturated heterocycles. The van der Waals surface area contributed by atoms with E-state index >= 15 is 0 Å². The highest BCUT2D eigenvalue weighted by Crippen LogP contribution is 2.45. The summed E-state index contributed by atoms with van der Waals surface area (Å²) < 4.78 is 68.2. The van der Waals surface area contributed by atoms with Crippen LogP contribution in [0.2, 0.25) is 0 Å². The highest BCUT2D eigenvalue weighted by molar-refractivity contribution is 7.47. The number of carbonyl (C=O) groups is 4. The summed E-state index contributed by atoms with van der Waals surface area (Å²) in [4.78, 5) is 72.4. The molecule has 0 rings (SSSR count). The number of ether oxygens (including phenoxy) is 4. The largest absolute Gasteiger partial charge is 0.472 e. The molecule has 19 heteroatoms. The molecule has 0 bridgehead atoms. The van der Waals surface area contributed by atoms with Crippen LogP contribution in [0.1, 0.15) is 338 Å². The molecule has 0 aromatic carbocycles. The van der Waals surface area contributed by atoms with Crippen molar-refractivity contribution in [2.75, 3.05) is 39.6 Å². The first-order valence-corrected chi connectivity index (χ1v) is 38.7. The number of phosphoric ester groups is 2. The second-order valence-corrected chi connectivity index (χ2v) is 29.7.